The SMILES string of the molecule is Nc1nn2ccnc2c(N)c1-c1cccc([C@H]2CC[C@H](N)CC2)c1Oc1ccccc1. The van der Waals surface area contributed by atoms with Crippen LogP contribution in [-0.2, 0) is 0 Å². The highest BCUT2D eigenvalue weighted by atomic mass is 16.5. The van der Waals surface area contributed by atoms with Crippen LogP contribution >= 0.6 is 0 Å². The van der Waals surface area contributed by atoms with Crippen molar-refractivity contribution < 1.29 is 4.74 Å². The molecule has 4 aromatic rings. The Morgan fingerprint density at radius 2 is 1.71 bits per heavy atom. The fourth-order valence-electron chi connectivity index (χ4n) is 4.49. The minimum Gasteiger partial charge on any atom is -0.456 e. The predicted octanol–water partition coefficient (Wildman–Crippen LogP) is 4.34. The van der Waals surface area contributed by atoms with Crippen molar-refractivity contribution in [3.8, 4) is 22.6 Å². The number of anilines is 2. The highest BCUT2D eigenvalue weighted by Gasteiger charge is 2.26. The van der Waals surface area contributed by atoms with E-state index in [4.69, 9.17) is 21.9 Å². The lowest BCUT2D eigenvalue weighted by molar-refractivity contribution is 0.384. The van der Waals surface area contributed by atoms with E-state index in [1.807, 2.05) is 42.5 Å². The Balaban J connectivity index is 1.69. The maximum absolute atomic E-state index is 6.53. The first kappa shape index (κ1) is 19.4. The molecule has 0 amide bonds. The average Bonchev–Trinajstić information content (AvgIpc) is 3.25. The molecule has 1 saturated carbocycles. The maximum atomic E-state index is 6.53. The Bertz CT molecular complexity index is 1210. The van der Waals surface area contributed by atoms with Gasteiger partial charge in [-0.25, -0.2) is 9.50 Å². The minimum absolute atomic E-state index is 0.274. The molecular formula is C24H26N6O. The van der Waals surface area contributed by atoms with Gasteiger partial charge in [0.25, 0.3) is 0 Å². The molecule has 31 heavy (non-hydrogen) atoms. The fourth-order valence-corrected chi connectivity index (χ4v) is 4.49. The first-order chi connectivity index (χ1) is 15.1. The summed E-state index contributed by atoms with van der Waals surface area (Å²) in [5.41, 5.74) is 22.7. The summed E-state index contributed by atoms with van der Waals surface area (Å²) in [7, 11) is 0. The zero-order valence-corrected chi connectivity index (χ0v) is 17.2. The number of nitrogens with zero attached hydrogens (tertiary/aromatic N) is 3. The van der Waals surface area contributed by atoms with E-state index in [-0.39, 0.29) is 6.04 Å². The number of hydrogen-bond acceptors (Lipinski definition) is 6. The number of fused-ring (bicyclic) bond motifs is 1. The summed E-state index contributed by atoms with van der Waals surface area (Å²) in [5, 5.41) is 4.45. The monoisotopic (exact) mass is 414 g/mol. The van der Waals surface area contributed by atoms with Gasteiger partial charge in [-0.05, 0) is 49.3 Å². The molecule has 2 aromatic heterocycles. The second-order valence-electron chi connectivity index (χ2n) is 8.12. The first-order valence-electron chi connectivity index (χ1n) is 10.6. The van der Waals surface area contributed by atoms with Gasteiger partial charge in [0.2, 0.25) is 0 Å². The molecule has 2 aromatic carbocycles. The second-order valence-corrected chi connectivity index (χ2v) is 8.12. The highest BCUT2D eigenvalue weighted by Crippen LogP contribution is 2.46. The Labute approximate surface area is 180 Å². The van der Waals surface area contributed by atoms with E-state index in [1.54, 1.807) is 16.9 Å². The third-order valence-corrected chi connectivity index (χ3v) is 6.09. The number of ether oxygens (including phenoxy) is 1. The van der Waals surface area contributed by atoms with Gasteiger partial charge in [0.15, 0.2) is 11.5 Å². The third kappa shape index (κ3) is 3.57. The Kier molecular flexibility index (Phi) is 4.95. The van der Waals surface area contributed by atoms with Crippen molar-refractivity contribution in [1.29, 1.82) is 0 Å². The molecule has 1 aliphatic rings. The molecule has 7 nitrogen and oxygen atoms in total. The van der Waals surface area contributed by atoms with Gasteiger partial charge in [0, 0.05) is 24.0 Å². The predicted molar refractivity (Wildman–Crippen MR) is 123 cm³/mol. The van der Waals surface area contributed by atoms with Crippen molar-refractivity contribution in [3.05, 3.63) is 66.5 Å². The summed E-state index contributed by atoms with van der Waals surface area (Å²) >= 11 is 0. The van der Waals surface area contributed by atoms with Gasteiger partial charge in [-0.15, -0.1) is 5.10 Å². The van der Waals surface area contributed by atoms with Gasteiger partial charge in [-0.2, -0.15) is 0 Å². The number of hydrogen-bond donors (Lipinski definition) is 3. The van der Waals surface area contributed by atoms with Gasteiger partial charge in [-0.3, -0.25) is 0 Å². The summed E-state index contributed by atoms with van der Waals surface area (Å²) < 4.78 is 8.08. The highest BCUT2D eigenvalue weighted by molar-refractivity contribution is 5.93. The second kappa shape index (κ2) is 7.92. The molecule has 7 heteroatoms. The molecule has 0 saturated heterocycles. The smallest absolute Gasteiger partial charge is 0.177 e. The fraction of sp³-hybridized carbons (Fsp3) is 0.250. The number of aromatic nitrogens is 3. The molecule has 0 atom stereocenters. The van der Waals surface area contributed by atoms with Gasteiger partial charge >= 0.3 is 0 Å². The number of rotatable bonds is 4. The minimum atomic E-state index is 0.274. The van der Waals surface area contributed by atoms with Crippen molar-refractivity contribution in [1.82, 2.24) is 14.6 Å². The van der Waals surface area contributed by atoms with Crippen LogP contribution in [0.25, 0.3) is 16.8 Å². The van der Waals surface area contributed by atoms with Crippen LogP contribution in [0.15, 0.2) is 60.9 Å². The number of nitrogens with two attached hydrogens (primary N) is 3. The quantitative estimate of drug-likeness (QED) is 0.457. The van der Waals surface area contributed by atoms with Crippen LogP contribution in [0.4, 0.5) is 11.5 Å². The molecule has 1 aliphatic carbocycles. The summed E-state index contributed by atoms with van der Waals surface area (Å²) in [6, 6.07) is 16.2. The normalized spacial score (nSPS) is 18.9. The molecule has 6 N–H and O–H groups in total. The number of para-hydroxylation sites is 2. The van der Waals surface area contributed by atoms with Crippen LogP contribution in [0.2, 0.25) is 0 Å². The Morgan fingerprint density at radius 3 is 2.48 bits per heavy atom. The van der Waals surface area contributed by atoms with E-state index >= 15 is 0 Å². The van der Waals surface area contributed by atoms with Crippen LogP contribution in [0.3, 0.4) is 0 Å². The molecule has 0 bridgehead atoms. The lowest BCUT2D eigenvalue weighted by Crippen LogP contribution is -2.25. The molecule has 5 rings (SSSR count). The topological polar surface area (TPSA) is 117 Å². The van der Waals surface area contributed by atoms with Crippen molar-refractivity contribution in [2.45, 2.75) is 37.6 Å². The summed E-state index contributed by atoms with van der Waals surface area (Å²) in [6.07, 6.45) is 7.45. The van der Waals surface area contributed by atoms with E-state index in [0.717, 1.165) is 48.3 Å². The first-order valence-corrected chi connectivity index (χ1v) is 10.6. The van der Waals surface area contributed by atoms with E-state index in [9.17, 15) is 0 Å². The maximum Gasteiger partial charge on any atom is 0.177 e. The van der Waals surface area contributed by atoms with E-state index < -0.39 is 0 Å². The third-order valence-electron chi connectivity index (χ3n) is 6.09. The lowest BCUT2D eigenvalue weighted by atomic mass is 9.80. The van der Waals surface area contributed by atoms with Crippen molar-refractivity contribution in [3.63, 3.8) is 0 Å². The average molecular weight is 415 g/mol. The molecule has 0 unspecified atom stereocenters. The Hall–Kier alpha value is -3.58. The lowest BCUT2D eigenvalue weighted by Gasteiger charge is -2.28. The van der Waals surface area contributed by atoms with E-state index in [2.05, 4.69) is 16.1 Å². The van der Waals surface area contributed by atoms with Gasteiger partial charge < -0.3 is 21.9 Å². The molecule has 0 radical (unpaired) electrons. The zero-order chi connectivity index (χ0) is 21.4. The van der Waals surface area contributed by atoms with Crippen molar-refractivity contribution in [2.75, 3.05) is 11.5 Å². The standard InChI is InChI=1S/C24H26N6O/c25-16-11-9-15(10-12-16)18-7-4-8-19(22(18)31-17-5-2-1-3-6-17)20-21(26)24-28-13-14-30(24)29-23(20)27/h1-8,13-16H,9-12,25-26H2,(H2,27,29)/t15-,16-. The molecule has 158 valence electrons. The number of nitrogen functional groups attached to an aromatic ring is 2. The van der Waals surface area contributed by atoms with Crippen LogP contribution in [0.1, 0.15) is 37.2 Å². The van der Waals surface area contributed by atoms with Crippen LogP contribution in [0, 0.1) is 0 Å². The summed E-state index contributed by atoms with van der Waals surface area (Å²) in [5.74, 6) is 2.23. The van der Waals surface area contributed by atoms with Crippen LogP contribution in [-0.4, -0.2) is 20.6 Å². The largest absolute Gasteiger partial charge is 0.456 e. The zero-order valence-electron chi connectivity index (χ0n) is 17.2. The van der Waals surface area contributed by atoms with Gasteiger partial charge in [0.1, 0.15) is 11.5 Å². The molecule has 0 aliphatic heterocycles. The molecule has 2 heterocycles. The van der Waals surface area contributed by atoms with E-state index in [1.165, 1.54) is 0 Å². The number of benzene rings is 2. The van der Waals surface area contributed by atoms with Gasteiger partial charge in [0.05, 0.1) is 11.3 Å². The summed E-state index contributed by atoms with van der Waals surface area (Å²) in [4.78, 5) is 4.34. The van der Waals surface area contributed by atoms with Crippen LogP contribution < -0.4 is 21.9 Å². The van der Waals surface area contributed by atoms with Crippen molar-refractivity contribution in [2.24, 2.45) is 5.73 Å². The van der Waals surface area contributed by atoms with E-state index in [0.29, 0.717) is 28.6 Å². The molecular weight excluding hydrogens is 388 g/mol. The number of imidazole rings is 1. The van der Waals surface area contributed by atoms with Crippen LogP contribution in [0.5, 0.6) is 11.5 Å². The van der Waals surface area contributed by atoms with Gasteiger partial charge in [-0.1, -0.05) is 36.4 Å². The summed E-state index contributed by atoms with van der Waals surface area (Å²) in [6.45, 7) is 0. The molecule has 0 spiro atoms. The van der Waals surface area contributed by atoms with Crippen molar-refractivity contribution >= 4 is 17.2 Å². The molecule has 1 fully saturated rings. The Morgan fingerprint density at radius 1 is 0.935 bits per heavy atom.